The van der Waals surface area contributed by atoms with Crippen molar-refractivity contribution in [2.24, 2.45) is 11.3 Å². The molecule has 0 amide bonds. The van der Waals surface area contributed by atoms with Gasteiger partial charge in [0.25, 0.3) is 0 Å². The molecule has 2 fully saturated rings. The third kappa shape index (κ3) is 1.11. The van der Waals surface area contributed by atoms with Crippen LogP contribution in [0.25, 0.3) is 0 Å². The van der Waals surface area contributed by atoms with Crippen molar-refractivity contribution in [3.8, 4) is 0 Å². The van der Waals surface area contributed by atoms with Crippen LogP contribution in [-0.2, 0) is 0 Å². The molecule has 0 saturated heterocycles. The predicted molar refractivity (Wildman–Crippen MR) is 47.0 cm³/mol. The summed E-state index contributed by atoms with van der Waals surface area (Å²) in [5, 5.41) is 7.56. The van der Waals surface area contributed by atoms with E-state index in [0.717, 1.165) is 24.5 Å². The van der Waals surface area contributed by atoms with E-state index >= 15 is 0 Å². The van der Waals surface area contributed by atoms with E-state index in [2.05, 4.69) is 6.92 Å². The Morgan fingerprint density at radius 1 is 1.45 bits per heavy atom. The molecular formula is C10H17N. The second-order valence-electron chi connectivity index (χ2n) is 4.55. The summed E-state index contributed by atoms with van der Waals surface area (Å²) in [5.74, 6) is 0.865. The maximum Gasteiger partial charge on any atom is 0.00922 e. The summed E-state index contributed by atoms with van der Waals surface area (Å²) < 4.78 is 0. The molecular weight excluding hydrogens is 134 g/mol. The zero-order valence-electron chi connectivity index (χ0n) is 7.32. The third-order valence-corrected chi connectivity index (χ3v) is 3.77. The van der Waals surface area contributed by atoms with Gasteiger partial charge in [0, 0.05) is 5.71 Å². The maximum atomic E-state index is 7.56. The molecule has 62 valence electrons. The first-order chi connectivity index (χ1) is 5.21. The van der Waals surface area contributed by atoms with Crippen LogP contribution in [-0.4, -0.2) is 5.71 Å². The summed E-state index contributed by atoms with van der Waals surface area (Å²) in [6.45, 7) is 2.42. The maximum absolute atomic E-state index is 7.56. The Kier molecular flexibility index (Phi) is 1.55. The number of hydrogen-bond acceptors (Lipinski definition) is 1. The molecule has 0 aromatic carbocycles. The van der Waals surface area contributed by atoms with Gasteiger partial charge >= 0.3 is 0 Å². The van der Waals surface area contributed by atoms with Gasteiger partial charge < -0.3 is 5.41 Å². The van der Waals surface area contributed by atoms with Crippen LogP contribution < -0.4 is 0 Å². The van der Waals surface area contributed by atoms with Crippen molar-refractivity contribution in [2.45, 2.75) is 45.4 Å². The minimum atomic E-state index is 0.642. The molecule has 0 radical (unpaired) electrons. The Hall–Kier alpha value is -0.330. The van der Waals surface area contributed by atoms with Crippen LogP contribution >= 0.6 is 0 Å². The van der Waals surface area contributed by atoms with Gasteiger partial charge in [0.1, 0.15) is 0 Å². The van der Waals surface area contributed by atoms with E-state index in [1.54, 1.807) is 0 Å². The molecule has 0 spiro atoms. The molecule has 1 N–H and O–H groups in total. The first-order valence-electron chi connectivity index (χ1n) is 4.77. The summed E-state index contributed by atoms with van der Waals surface area (Å²) in [7, 11) is 0. The van der Waals surface area contributed by atoms with Gasteiger partial charge in [0.2, 0.25) is 0 Å². The van der Waals surface area contributed by atoms with Crippen molar-refractivity contribution in [1.29, 1.82) is 5.41 Å². The van der Waals surface area contributed by atoms with E-state index in [0.29, 0.717) is 5.41 Å². The van der Waals surface area contributed by atoms with E-state index in [-0.39, 0.29) is 0 Å². The average Bonchev–Trinajstić information content (AvgIpc) is 2.31. The number of nitrogens with one attached hydrogen (secondary N) is 1. The highest BCUT2D eigenvalue weighted by Gasteiger charge is 2.41. The lowest BCUT2D eigenvalue weighted by atomic mass is 9.62. The van der Waals surface area contributed by atoms with Crippen LogP contribution in [0.4, 0.5) is 0 Å². The highest BCUT2D eigenvalue weighted by atomic mass is 14.5. The van der Waals surface area contributed by atoms with Gasteiger partial charge in [0.05, 0.1) is 0 Å². The molecule has 2 aliphatic carbocycles. The summed E-state index contributed by atoms with van der Waals surface area (Å²) in [4.78, 5) is 0. The molecule has 0 unspecified atom stereocenters. The number of hydrogen-bond donors (Lipinski definition) is 1. The molecule has 0 aliphatic heterocycles. The lowest BCUT2D eigenvalue weighted by Crippen LogP contribution is -2.33. The average molecular weight is 151 g/mol. The van der Waals surface area contributed by atoms with Crippen LogP contribution in [0.15, 0.2) is 0 Å². The molecule has 1 atom stereocenters. The molecule has 0 heterocycles. The molecule has 0 aromatic rings. The second-order valence-corrected chi connectivity index (χ2v) is 4.55. The smallest absolute Gasteiger partial charge is 0.00922 e. The van der Waals surface area contributed by atoms with Crippen molar-refractivity contribution >= 4 is 5.71 Å². The van der Waals surface area contributed by atoms with Crippen LogP contribution in [0.1, 0.15) is 45.4 Å². The molecule has 0 bridgehead atoms. The fourth-order valence-corrected chi connectivity index (χ4v) is 2.59. The van der Waals surface area contributed by atoms with Crippen LogP contribution in [0.5, 0.6) is 0 Å². The standard InChI is InChI=1S/C10H17N/c1-10(5-2-6-10)8-3-4-9(11)7-8/h8,11H,2-7H2,1H3/t8-/m0/s1. The monoisotopic (exact) mass is 151 g/mol. The molecule has 0 aromatic heterocycles. The van der Waals surface area contributed by atoms with Gasteiger partial charge in [-0.2, -0.15) is 0 Å². The van der Waals surface area contributed by atoms with Crippen LogP contribution in [0, 0.1) is 16.7 Å². The van der Waals surface area contributed by atoms with E-state index in [1.165, 1.54) is 25.7 Å². The van der Waals surface area contributed by atoms with E-state index in [4.69, 9.17) is 5.41 Å². The molecule has 2 saturated carbocycles. The largest absolute Gasteiger partial charge is 0.310 e. The van der Waals surface area contributed by atoms with Gasteiger partial charge in [-0.3, -0.25) is 0 Å². The Bertz CT molecular complexity index is 179. The highest BCUT2D eigenvalue weighted by molar-refractivity contribution is 5.83. The zero-order valence-corrected chi connectivity index (χ0v) is 7.32. The Morgan fingerprint density at radius 2 is 2.18 bits per heavy atom. The van der Waals surface area contributed by atoms with Gasteiger partial charge in [-0.15, -0.1) is 0 Å². The van der Waals surface area contributed by atoms with Crippen LogP contribution in [0.2, 0.25) is 0 Å². The Balaban J connectivity index is 2.00. The first kappa shape index (κ1) is 7.33. The summed E-state index contributed by atoms with van der Waals surface area (Å²) in [6, 6.07) is 0. The Labute approximate surface area is 68.7 Å². The van der Waals surface area contributed by atoms with Crippen molar-refractivity contribution in [3.05, 3.63) is 0 Å². The summed E-state index contributed by atoms with van der Waals surface area (Å²) in [6.07, 6.45) is 7.77. The topological polar surface area (TPSA) is 23.9 Å². The molecule has 1 nitrogen and oxygen atoms in total. The van der Waals surface area contributed by atoms with E-state index < -0.39 is 0 Å². The van der Waals surface area contributed by atoms with Crippen molar-refractivity contribution < 1.29 is 0 Å². The first-order valence-corrected chi connectivity index (χ1v) is 4.77. The van der Waals surface area contributed by atoms with E-state index in [1.807, 2.05) is 0 Å². The highest BCUT2D eigenvalue weighted by Crippen LogP contribution is 2.51. The van der Waals surface area contributed by atoms with Gasteiger partial charge in [0.15, 0.2) is 0 Å². The lowest BCUT2D eigenvalue weighted by Gasteiger charge is -2.43. The van der Waals surface area contributed by atoms with Crippen molar-refractivity contribution in [1.82, 2.24) is 0 Å². The summed E-state index contributed by atoms with van der Waals surface area (Å²) >= 11 is 0. The summed E-state index contributed by atoms with van der Waals surface area (Å²) in [5.41, 5.74) is 1.64. The molecule has 1 heteroatoms. The third-order valence-electron chi connectivity index (χ3n) is 3.77. The molecule has 2 rings (SSSR count). The van der Waals surface area contributed by atoms with Crippen molar-refractivity contribution in [2.75, 3.05) is 0 Å². The molecule has 2 aliphatic rings. The second kappa shape index (κ2) is 2.33. The van der Waals surface area contributed by atoms with Gasteiger partial charge in [-0.25, -0.2) is 0 Å². The fourth-order valence-electron chi connectivity index (χ4n) is 2.59. The van der Waals surface area contributed by atoms with Crippen LogP contribution in [0.3, 0.4) is 0 Å². The lowest BCUT2D eigenvalue weighted by molar-refractivity contribution is 0.0779. The number of rotatable bonds is 1. The minimum Gasteiger partial charge on any atom is -0.310 e. The normalized spacial score (nSPS) is 35.4. The fraction of sp³-hybridized carbons (Fsp3) is 0.900. The predicted octanol–water partition coefficient (Wildman–Crippen LogP) is 3.00. The zero-order chi connectivity index (χ0) is 7.90. The van der Waals surface area contributed by atoms with Crippen molar-refractivity contribution in [3.63, 3.8) is 0 Å². The van der Waals surface area contributed by atoms with Gasteiger partial charge in [-0.05, 0) is 43.4 Å². The SMILES string of the molecule is CC1([C@H]2CCC(=N)C2)CCC1. The van der Waals surface area contributed by atoms with Gasteiger partial charge in [-0.1, -0.05) is 13.3 Å². The minimum absolute atomic E-state index is 0.642. The Morgan fingerprint density at radius 3 is 2.55 bits per heavy atom. The molecule has 11 heavy (non-hydrogen) atoms. The quantitative estimate of drug-likeness (QED) is 0.595. The van der Waals surface area contributed by atoms with E-state index in [9.17, 15) is 0 Å².